The molecule has 10 nitrogen and oxygen atoms in total. The summed E-state index contributed by atoms with van der Waals surface area (Å²) in [5, 5.41) is 3.84. The number of hydrogen-bond donors (Lipinski definition) is 1. The van der Waals surface area contributed by atoms with Crippen LogP contribution in [0.1, 0.15) is 0 Å². The van der Waals surface area contributed by atoms with Crippen LogP contribution in [-0.4, -0.2) is 49.9 Å². The number of benzene rings is 1. The predicted molar refractivity (Wildman–Crippen MR) is 107 cm³/mol. The van der Waals surface area contributed by atoms with E-state index in [0.29, 0.717) is 5.56 Å². The lowest BCUT2D eigenvalue weighted by Crippen LogP contribution is -2.19. The normalized spacial score (nSPS) is 11.4. The molecule has 13 heteroatoms. The van der Waals surface area contributed by atoms with Gasteiger partial charge in [-0.05, 0) is 18.2 Å². The molecule has 1 aromatic carbocycles. The Labute approximate surface area is 178 Å². The number of para-hydroxylation sites is 1. The molecule has 2 N–H and O–H groups in total. The Morgan fingerprint density at radius 1 is 1.03 bits per heavy atom. The maximum Gasteiger partial charge on any atom is 0.422 e. The summed E-state index contributed by atoms with van der Waals surface area (Å²) < 4.78 is 46.9. The minimum atomic E-state index is -4.49. The summed E-state index contributed by atoms with van der Waals surface area (Å²) in [5.41, 5.74) is 6.95. The van der Waals surface area contributed by atoms with Crippen LogP contribution in [0.4, 0.5) is 30.8 Å². The Morgan fingerprint density at radius 2 is 1.81 bits per heavy atom. The van der Waals surface area contributed by atoms with E-state index >= 15 is 0 Å². The molecule has 4 rings (SSSR count). The topological polar surface area (TPSA) is 129 Å². The van der Waals surface area contributed by atoms with Crippen LogP contribution >= 0.6 is 0 Å². The van der Waals surface area contributed by atoms with Gasteiger partial charge in [0, 0.05) is 30.6 Å². The van der Waals surface area contributed by atoms with Crippen molar-refractivity contribution < 1.29 is 22.4 Å². The second-order valence-electron chi connectivity index (χ2n) is 6.42. The Bertz CT molecular complexity index is 1220. The average molecular weight is 444 g/mol. The van der Waals surface area contributed by atoms with Gasteiger partial charge in [0.05, 0.1) is 0 Å². The summed E-state index contributed by atoms with van der Waals surface area (Å²) in [7, 11) is 1.76. The smallest absolute Gasteiger partial charge is 0.422 e. The molecule has 0 radical (unpaired) electrons. The lowest BCUT2D eigenvalue weighted by atomic mass is 10.2. The van der Waals surface area contributed by atoms with Gasteiger partial charge in [0.2, 0.25) is 29.4 Å². The third-order valence-electron chi connectivity index (χ3n) is 4.08. The van der Waals surface area contributed by atoms with E-state index in [0.717, 1.165) is 5.69 Å². The molecule has 0 amide bonds. The van der Waals surface area contributed by atoms with Gasteiger partial charge in [-0.1, -0.05) is 23.4 Å². The first-order valence-electron chi connectivity index (χ1n) is 9.09. The minimum Gasteiger partial charge on any atom is -0.468 e. The number of alkyl halides is 3. The largest absolute Gasteiger partial charge is 0.468 e. The Morgan fingerprint density at radius 3 is 2.56 bits per heavy atom. The molecule has 0 spiro atoms. The van der Waals surface area contributed by atoms with E-state index in [1.54, 1.807) is 11.9 Å². The minimum absolute atomic E-state index is 0.0104. The van der Waals surface area contributed by atoms with Crippen molar-refractivity contribution >= 4 is 17.6 Å². The molecule has 0 saturated carbocycles. The molecule has 0 aliphatic carbocycles. The van der Waals surface area contributed by atoms with Crippen molar-refractivity contribution in [2.45, 2.75) is 6.18 Å². The first-order chi connectivity index (χ1) is 15.3. The van der Waals surface area contributed by atoms with Crippen LogP contribution in [0.15, 0.2) is 53.2 Å². The molecule has 0 bridgehead atoms. The number of halogens is 3. The number of ether oxygens (including phenoxy) is 1. The van der Waals surface area contributed by atoms with Crippen molar-refractivity contribution in [3.8, 4) is 29.0 Å². The monoisotopic (exact) mass is 444 g/mol. The van der Waals surface area contributed by atoms with Crippen molar-refractivity contribution in [1.29, 1.82) is 0 Å². The number of anilines is 3. The SMILES string of the molecule is CN(c1ccccc1)c1nc(N)nc(-c2noc(-c3ccnc(OCC(F)(F)F)c3)n2)n1. The summed E-state index contributed by atoms with van der Waals surface area (Å²) in [4.78, 5) is 22.2. The van der Waals surface area contributed by atoms with E-state index in [1.165, 1.54) is 18.3 Å². The number of pyridine rings is 1. The summed E-state index contributed by atoms with van der Waals surface area (Å²) in [6.45, 7) is -1.47. The van der Waals surface area contributed by atoms with Crippen molar-refractivity contribution in [3.63, 3.8) is 0 Å². The third-order valence-corrected chi connectivity index (χ3v) is 4.08. The first-order valence-corrected chi connectivity index (χ1v) is 9.09. The molecule has 164 valence electrons. The van der Waals surface area contributed by atoms with E-state index in [-0.39, 0.29) is 35.3 Å². The molecule has 0 aliphatic rings. The van der Waals surface area contributed by atoms with E-state index in [4.69, 9.17) is 10.3 Å². The average Bonchev–Trinajstić information content (AvgIpc) is 3.28. The molecule has 4 aromatic rings. The Kier molecular flexibility index (Phi) is 5.54. The van der Waals surface area contributed by atoms with Crippen molar-refractivity contribution in [2.24, 2.45) is 0 Å². The van der Waals surface area contributed by atoms with Crippen LogP contribution in [0.5, 0.6) is 5.88 Å². The molecule has 0 saturated heterocycles. The fourth-order valence-corrected chi connectivity index (χ4v) is 2.61. The summed E-state index contributed by atoms with van der Waals surface area (Å²) in [6, 6.07) is 12.1. The number of nitrogen functional groups attached to an aromatic ring is 1. The maximum atomic E-state index is 12.4. The summed E-state index contributed by atoms with van der Waals surface area (Å²) in [6.07, 6.45) is -3.22. The van der Waals surface area contributed by atoms with Crippen LogP contribution in [0.25, 0.3) is 23.1 Å². The molecule has 3 heterocycles. The summed E-state index contributed by atoms with van der Waals surface area (Å²) >= 11 is 0. The maximum absolute atomic E-state index is 12.4. The zero-order valence-corrected chi connectivity index (χ0v) is 16.5. The second-order valence-corrected chi connectivity index (χ2v) is 6.42. The fourth-order valence-electron chi connectivity index (χ4n) is 2.61. The number of aromatic nitrogens is 6. The van der Waals surface area contributed by atoms with E-state index in [2.05, 4.69) is 34.8 Å². The molecule has 0 unspecified atom stereocenters. The zero-order chi connectivity index (χ0) is 22.7. The van der Waals surface area contributed by atoms with Gasteiger partial charge in [-0.3, -0.25) is 0 Å². The van der Waals surface area contributed by atoms with Gasteiger partial charge in [-0.2, -0.15) is 33.1 Å². The van der Waals surface area contributed by atoms with E-state index < -0.39 is 12.8 Å². The molecule has 32 heavy (non-hydrogen) atoms. The lowest BCUT2D eigenvalue weighted by molar-refractivity contribution is -0.154. The van der Waals surface area contributed by atoms with Gasteiger partial charge in [-0.15, -0.1) is 0 Å². The van der Waals surface area contributed by atoms with Gasteiger partial charge >= 0.3 is 6.18 Å². The molecular weight excluding hydrogens is 429 g/mol. The highest BCUT2D eigenvalue weighted by Crippen LogP contribution is 2.26. The number of hydrogen-bond acceptors (Lipinski definition) is 10. The van der Waals surface area contributed by atoms with Crippen LogP contribution in [0, 0.1) is 0 Å². The number of nitrogens with zero attached hydrogens (tertiary/aromatic N) is 7. The molecule has 3 aromatic heterocycles. The van der Waals surface area contributed by atoms with Gasteiger partial charge in [0.1, 0.15) is 0 Å². The third kappa shape index (κ3) is 4.88. The lowest BCUT2D eigenvalue weighted by Gasteiger charge is -2.17. The van der Waals surface area contributed by atoms with Crippen molar-refractivity contribution in [2.75, 3.05) is 24.3 Å². The van der Waals surface area contributed by atoms with Crippen LogP contribution < -0.4 is 15.4 Å². The van der Waals surface area contributed by atoms with E-state index in [9.17, 15) is 13.2 Å². The highest BCUT2D eigenvalue weighted by Gasteiger charge is 2.28. The van der Waals surface area contributed by atoms with Crippen LogP contribution in [0.2, 0.25) is 0 Å². The molecule has 0 atom stereocenters. The van der Waals surface area contributed by atoms with Crippen molar-refractivity contribution in [1.82, 2.24) is 30.1 Å². The van der Waals surface area contributed by atoms with Gasteiger partial charge in [0.15, 0.2) is 6.61 Å². The highest BCUT2D eigenvalue weighted by molar-refractivity contribution is 5.60. The predicted octanol–water partition coefficient (Wildman–Crippen LogP) is 3.27. The Balaban J connectivity index is 1.60. The van der Waals surface area contributed by atoms with Crippen LogP contribution in [0.3, 0.4) is 0 Å². The molecule has 0 fully saturated rings. The fraction of sp³-hybridized carbons (Fsp3) is 0.158. The number of nitrogens with two attached hydrogens (primary N) is 1. The first kappa shape index (κ1) is 21.0. The molecule has 0 aliphatic heterocycles. The summed E-state index contributed by atoms with van der Waals surface area (Å²) in [5.74, 6) is 0.0638. The molecular formula is C19H15F3N8O2. The van der Waals surface area contributed by atoms with E-state index in [1.807, 2.05) is 30.3 Å². The number of rotatable bonds is 6. The van der Waals surface area contributed by atoms with Gasteiger partial charge in [0.25, 0.3) is 5.89 Å². The van der Waals surface area contributed by atoms with Gasteiger partial charge in [-0.25, -0.2) is 4.98 Å². The van der Waals surface area contributed by atoms with Crippen LogP contribution in [-0.2, 0) is 0 Å². The van der Waals surface area contributed by atoms with Gasteiger partial charge < -0.3 is 19.9 Å². The zero-order valence-electron chi connectivity index (χ0n) is 16.5. The highest BCUT2D eigenvalue weighted by atomic mass is 19.4. The Hall–Kier alpha value is -4.29. The van der Waals surface area contributed by atoms with Crippen molar-refractivity contribution in [3.05, 3.63) is 48.7 Å². The second kappa shape index (κ2) is 8.45. The quantitative estimate of drug-likeness (QED) is 0.473. The standard InChI is InChI=1S/C19H15F3N8O2/c1-30(12-5-3-2-4-6-12)18-27-14(26-17(23)28-18)15-25-16(32-29-15)11-7-8-24-13(9-11)31-10-19(20,21)22/h2-9H,10H2,1H3,(H2,23,26,27,28).